The van der Waals surface area contributed by atoms with Crippen LogP contribution in [0.2, 0.25) is 18.1 Å². The lowest BCUT2D eigenvalue weighted by Gasteiger charge is -2.37. The highest BCUT2D eigenvalue weighted by Crippen LogP contribution is 2.39. The number of hydrogen-bond donors (Lipinski definition) is 0. The summed E-state index contributed by atoms with van der Waals surface area (Å²) in [4.78, 5) is 23.8. The summed E-state index contributed by atoms with van der Waals surface area (Å²) in [6, 6.07) is 5.08. The van der Waals surface area contributed by atoms with Crippen LogP contribution in [-0.2, 0) is 25.2 Å². The number of Topliss-reactive ketones (excluding diaryl/α,β-unsaturated/α-hetero) is 1. The molecule has 0 amide bonds. The van der Waals surface area contributed by atoms with Crippen LogP contribution in [0.3, 0.4) is 0 Å². The molecule has 4 nitrogen and oxygen atoms in total. The Hall–Kier alpha value is -1.79. The number of carbonyl (C=O) groups is 2. The number of benzene rings is 1. The van der Waals surface area contributed by atoms with Crippen LogP contribution in [0.25, 0.3) is 5.57 Å². The normalized spacial score (nSPS) is 17.6. The fourth-order valence-corrected chi connectivity index (χ4v) is 4.27. The zero-order chi connectivity index (χ0) is 21.1. The highest BCUT2D eigenvalue weighted by Gasteiger charge is 2.40. The van der Waals surface area contributed by atoms with Crippen molar-refractivity contribution in [3.05, 3.63) is 41.2 Å². The lowest BCUT2D eigenvalue weighted by Crippen LogP contribution is -2.43. The Bertz CT molecular complexity index is 777. The maximum absolute atomic E-state index is 15.0. The van der Waals surface area contributed by atoms with Crippen LogP contribution in [0.4, 0.5) is 4.39 Å². The molecule has 2 rings (SSSR count). The molecule has 0 spiro atoms. The van der Waals surface area contributed by atoms with Crippen molar-refractivity contribution in [1.29, 1.82) is 0 Å². The van der Waals surface area contributed by atoms with E-state index in [0.717, 1.165) is 0 Å². The molecule has 0 radical (unpaired) electrons. The largest absolute Gasteiger partial charge is 0.469 e. The Balaban J connectivity index is 2.19. The first kappa shape index (κ1) is 22.5. The van der Waals surface area contributed by atoms with Crippen molar-refractivity contribution in [2.45, 2.75) is 70.7 Å². The van der Waals surface area contributed by atoms with Gasteiger partial charge < -0.3 is 9.16 Å². The fraction of sp³-hybridized carbons (Fsp3) is 0.545. The van der Waals surface area contributed by atoms with Gasteiger partial charge in [0, 0.05) is 24.0 Å². The van der Waals surface area contributed by atoms with E-state index < -0.39 is 8.32 Å². The second-order valence-corrected chi connectivity index (χ2v) is 13.6. The van der Waals surface area contributed by atoms with Crippen LogP contribution in [0.5, 0.6) is 0 Å². The van der Waals surface area contributed by atoms with Gasteiger partial charge in [0.1, 0.15) is 5.82 Å². The Morgan fingerprint density at radius 3 is 2.57 bits per heavy atom. The topological polar surface area (TPSA) is 52.6 Å². The van der Waals surface area contributed by atoms with Gasteiger partial charge in [-0.15, -0.1) is 0 Å². The van der Waals surface area contributed by atoms with E-state index in [1.807, 2.05) is 0 Å². The summed E-state index contributed by atoms with van der Waals surface area (Å²) >= 11 is 0. The number of esters is 1. The van der Waals surface area contributed by atoms with Gasteiger partial charge in [-0.1, -0.05) is 39.0 Å². The molecule has 0 aliphatic heterocycles. The monoisotopic (exact) mass is 406 g/mol. The van der Waals surface area contributed by atoms with Crippen LogP contribution in [-0.4, -0.2) is 33.3 Å². The number of aryl methyl sites for hydroxylation is 1. The van der Waals surface area contributed by atoms with Gasteiger partial charge in [0.15, 0.2) is 14.1 Å². The Labute approximate surface area is 168 Å². The van der Waals surface area contributed by atoms with Crippen molar-refractivity contribution < 1.29 is 23.1 Å². The van der Waals surface area contributed by atoms with Crippen LogP contribution in [0.1, 0.15) is 51.2 Å². The SMILES string of the molecule is COC(=O)CCCc1cccc(C2=C[C@H](O[Si](C)(C)C(C)(C)C)CC2=O)c1F. The lowest BCUT2D eigenvalue weighted by molar-refractivity contribution is -0.140. The van der Waals surface area contributed by atoms with Gasteiger partial charge in [0.2, 0.25) is 0 Å². The highest BCUT2D eigenvalue weighted by atomic mass is 28.4. The molecule has 1 aliphatic carbocycles. The van der Waals surface area contributed by atoms with Crippen molar-refractivity contribution in [3.8, 4) is 0 Å². The number of allylic oxidation sites excluding steroid dienone is 1. The standard InChI is InChI=1S/C22H31FO4Si/c1-22(2,3)28(5,6)27-16-13-18(19(24)14-16)17-11-7-9-15(21(17)23)10-8-12-20(25)26-4/h7,9,11,13,16H,8,10,12,14H2,1-6H3/t16-/m0/s1. The minimum atomic E-state index is -2.02. The first-order chi connectivity index (χ1) is 13.0. The summed E-state index contributed by atoms with van der Waals surface area (Å²) < 4.78 is 26.0. The van der Waals surface area contributed by atoms with Gasteiger partial charge in [-0.3, -0.25) is 9.59 Å². The molecule has 0 fully saturated rings. The summed E-state index contributed by atoms with van der Waals surface area (Å²) in [7, 11) is -0.684. The Morgan fingerprint density at radius 2 is 1.96 bits per heavy atom. The van der Waals surface area contributed by atoms with Crippen molar-refractivity contribution in [2.24, 2.45) is 0 Å². The maximum atomic E-state index is 15.0. The van der Waals surface area contributed by atoms with Gasteiger partial charge >= 0.3 is 5.97 Å². The van der Waals surface area contributed by atoms with Crippen LogP contribution in [0.15, 0.2) is 24.3 Å². The second-order valence-electron chi connectivity index (χ2n) is 8.83. The molecule has 1 atom stereocenters. The molecule has 28 heavy (non-hydrogen) atoms. The summed E-state index contributed by atoms with van der Waals surface area (Å²) in [5.41, 5.74) is 1.22. The Morgan fingerprint density at radius 1 is 1.29 bits per heavy atom. The van der Waals surface area contributed by atoms with Crippen LogP contribution in [0, 0.1) is 5.82 Å². The minimum Gasteiger partial charge on any atom is -0.469 e. The molecule has 154 valence electrons. The molecule has 0 saturated carbocycles. The van der Waals surface area contributed by atoms with E-state index in [1.54, 1.807) is 24.3 Å². The molecular formula is C22H31FO4Si. The molecule has 1 aromatic rings. The molecule has 1 aromatic carbocycles. The van der Waals surface area contributed by atoms with Gasteiger partial charge in [-0.25, -0.2) is 4.39 Å². The quantitative estimate of drug-likeness (QED) is 0.469. The Kier molecular flexibility index (Phi) is 6.99. The third-order valence-corrected chi connectivity index (χ3v) is 10.2. The average molecular weight is 407 g/mol. The first-order valence-electron chi connectivity index (χ1n) is 9.73. The molecule has 0 unspecified atom stereocenters. The summed E-state index contributed by atoms with van der Waals surface area (Å²) in [6.45, 7) is 10.7. The lowest BCUT2D eigenvalue weighted by atomic mass is 9.98. The van der Waals surface area contributed by atoms with E-state index in [4.69, 9.17) is 4.43 Å². The molecule has 1 aliphatic rings. The number of halogens is 1. The average Bonchev–Trinajstić information content (AvgIpc) is 2.94. The predicted octanol–water partition coefficient (Wildman–Crippen LogP) is 5.07. The number of hydrogen-bond acceptors (Lipinski definition) is 4. The molecule has 0 N–H and O–H groups in total. The van der Waals surface area contributed by atoms with E-state index in [9.17, 15) is 9.59 Å². The van der Waals surface area contributed by atoms with Gasteiger partial charge in [-0.2, -0.15) is 0 Å². The van der Waals surface area contributed by atoms with Gasteiger partial charge in [0.05, 0.1) is 13.2 Å². The van der Waals surface area contributed by atoms with E-state index in [1.165, 1.54) is 7.11 Å². The number of carbonyl (C=O) groups excluding carboxylic acids is 2. The number of methoxy groups -OCH3 is 1. The first-order valence-corrected chi connectivity index (χ1v) is 12.6. The third kappa shape index (κ3) is 5.17. The third-order valence-electron chi connectivity index (χ3n) is 5.72. The van der Waals surface area contributed by atoms with E-state index in [0.29, 0.717) is 29.5 Å². The van der Waals surface area contributed by atoms with Gasteiger partial charge in [-0.05, 0) is 42.6 Å². The zero-order valence-electron chi connectivity index (χ0n) is 17.7. The smallest absolute Gasteiger partial charge is 0.305 e. The number of ketones is 1. The van der Waals surface area contributed by atoms with Crippen molar-refractivity contribution in [2.75, 3.05) is 7.11 Å². The molecule has 6 heteroatoms. The molecule has 0 bridgehead atoms. The number of rotatable bonds is 7. The summed E-state index contributed by atoms with van der Waals surface area (Å²) in [5.74, 6) is -0.787. The molecule has 0 heterocycles. The van der Waals surface area contributed by atoms with E-state index in [2.05, 4.69) is 38.6 Å². The van der Waals surface area contributed by atoms with Crippen LogP contribution >= 0.6 is 0 Å². The highest BCUT2D eigenvalue weighted by molar-refractivity contribution is 6.74. The zero-order valence-corrected chi connectivity index (χ0v) is 18.7. The van der Waals surface area contributed by atoms with Crippen molar-refractivity contribution in [3.63, 3.8) is 0 Å². The molecular weight excluding hydrogens is 375 g/mol. The van der Waals surface area contributed by atoms with E-state index >= 15 is 4.39 Å². The second kappa shape index (κ2) is 8.70. The molecule has 0 aromatic heterocycles. The van der Waals surface area contributed by atoms with Gasteiger partial charge in [0.25, 0.3) is 0 Å². The minimum absolute atomic E-state index is 0.0391. The predicted molar refractivity (Wildman–Crippen MR) is 111 cm³/mol. The van der Waals surface area contributed by atoms with Crippen LogP contribution < -0.4 is 0 Å². The molecule has 0 saturated heterocycles. The number of ether oxygens (including phenoxy) is 1. The van der Waals surface area contributed by atoms with E-state index in [-0.39, 0.29) is 41.6 Å². The fourth-order valence-electron chi connectivity index (χ4n) is 3.01. The van der Waals surface area contributed by atoms with Crippen molar-refractivity contribution in [1.82, 2.24) is 0 Å². The van der Waals surface area contributed by atoms with Crippen molar-refractivity contribution >= 4 is 25.6 Å². The summed E-state index contributed by atoms with van der Waals surface area (Å²) in [5, 5.41) is 0.0391. The summed E-state index contributed by atoms with van der Waals surface area (Å²) in [6.07, 6.45) is 2.89. The maximum Gasteiger partial charge on any atom is 0.305 e.